The van der Waals surface area contributed by atoms with E-state index in [-0.39, 0.29) is 35.2 Å². The van der Waals surface area contributed by atoms with E-state index < -0.39 is 5.41 Å². The predicted molar refractivity (Wildman–Crippen MR) is 92.1 cm³/mol. The molecule has 0 aromatic rings. The van der Waals surface area contributed by atoms with Crippen molar-refractivity contribution in [1.29, 1.82) is 0 Å². The molecule has 2 fully saturated rings. The highest BCUT2D eigenvalue weighted by atomic mass is 35.5. The molecule has 2 rings (SSSR count). The van der Waals surface area contributed by atoms with Gasteiger partial charge in [0.1, 0.15) is 0 Å². The number of carbonyl (C=O) groups excluding carboxylic acids is 1. The Labute approximate surface area is 141 Å². The van der Waals surface area contributed by atoms with Crippen LogP contribution in [-0.4, -0.2) is 31.7 Å². The van der Waals surface area contributed by atoms with Crippen LogP contribution in [0.25, 0.3) is 0 Å². The van der Waals surface area contributed by atoms with Crippen LogP contribution in [0.3, 0.4) is 0 Å². The molecule has 0 aromatic carbocycles. The molecule has 22 heavy (non-hydrogen) atoms. The van der Waals surface area contributed by atoms with Crippen molar-refractivity contribution in [2.24, 2.45) is 22.0 Å². The summed E-state index contributed by atoms with van der Waals surface area (Å²) in [7, 11) is 0. The summed E-state index contributed by atoms with van der Waals surface area (Å²) < 4.78 is 5.40. The van der Waals surface area contributed by atoms with Gasteiger partial charge in [-0.3, -0.25) is 4.79 Å². The molecule has 0 radical (unpaired) electrons. The zero-order valence-electron chi connectivity index (χ0n) is 14.5. The minimum atomic E-state index is -0.413. The summed E-state index contributed by atoms with van der Waals surface area (Å²) in [5, 5.41) is 3.32. The number of hydrogen-bond acceptors (Lipinski definition) is 3. The van der Waals surface area contributed by atoms with Gasteiger partial charge in [-0.1, -0.05) is 27.7 Å². The fourth-order valence-corrected chi connectivity index (χ4v) is 4.57. The number of rotatable bonds is 3. The van der Waals surface area contributed by atoms with Crippen LogP contribution in [0.1, 0.15) is 59.8 Å². The number of amides is 1. The summed E-state index contributed by atoms with van der Waals surface area (Å²) in [6.45, 7) is 10.9. The highest BCUT2D eigenvalue weighted by Gasteiger charge is 2.43. The average Bonchev–Trinajstić information content (AvgIpc) is 2.35. The fraction of sp³-hybridized carbons (Fsp3) is 0.941. The van der Waals surface area contributed by atoms with Gasteiger partial charge in [-0.25, -0.2) is 0 Å². The minimum absolute atomic E-state index is 0. The maximum absolute atomic E-state index is 12.8. The lowest BCUT2D eigenvalue weighted by Crippen LogP contribution is -2.54. The summed E-state index contributed by atoms with van der Waals surface area (Å²) in [4.78, 5) is 12.8. The van der Waals surface area contributed by atoms with Crippen molar-refractivity contribution in [2.75, 3.05) is 19.8 Å². The average molecular weight is 333 g/mol. The highest BCUT2D eigenvalue weighted by Crippen LogP contribution is 2.46. The van der Waals surface area contributed by atoms with Gasteiger partial charge in [0.05, 0.1) is 5.41 Å². The Kier molecular flexibility index (Phi) is 6.33. The van der Waals surface area contributed by atoms with E-state index in [1.807, 2.05) is 0 Å². The normalized spacial score (nSPS) is 26.8. The van der Waals surface area contributed by atoms with Gasteiger partial charge in [0.15, 0.2) is 0 Å². The first-order chi connectivity index (χ1) is 9.68. The van der Waals surface area contributed by atoms with E-state index in [1.54, 1.807) is 0 Å². The van der Waals surface area contributed by atoms with Gasteiger partial charge in [0.25, 0.3) is 0 Å². The molecular weight excluding hydrogens is 300 g/mol. The molecule has 1 amide bonds. The minimum Gasteiger partial charge on any atom is -0.381 e. The maximum Gasteiger partial charge on any atom is 0.227 e. The molecule has 0 unspecified atom stereocenters. The Bertz CT molecular complexity index is 374. The van der Waals surface area contributed by atoms with Gasteiger partial charge < -0.3 is 15.8 Å². The SMILES string of the molecule is CC1(C)CC(NC(=O)C2(CN)CCOCC2)CC(C)(C)C1.Cl. The molecule has 5 heteroatoms. The first-order valence-corrected chi connectivity index (χ1v) is 8.27. The van der Waals surface area contributed by atoms with Crippen molar-refractivity contribution in [1.82, 2.24) is 5.32 Å². The lowest BCUT2D eigenvalue weighted by atomic mass is 9.63. The molecule has 0 atom stereocenters. The molecule has 1 saturated heterocycles. The van der Waals surface area contributed by atoms with E-state index in [4.69, 9.17) is 10.5 Å². The summed E-state index contributed by atoms with van der Waals surface area (Å²) in [6, 6.07) is 0.266. The molecule has 0 spiro atoms. The summed E-state index contributed by atoms with van der Waals surface area (Å²) in [6.07, 6.45) is 4.81. The molecule has 4 nitrogen and oxygen atoms in total. The van der Waals surface area contributed by atoms with Crippen LogP contribution >= 0.6 is 12.4 Å². The van der Waals surface area contributed by atoms with Crippen molar-refractivity contribution in [2.45, 2.75) is 65.8 Å². The molecule has 1 aliphatic carbocycles. The molecular formula is C17H33ClN2O2. The monoisotopic (exact) mass is 332 g/mol. The summed E-state index contributed by atoms with van der Waals surface area (Å²) in [5.41, 5.74) is 6.09. The Morgan fingerprint density at radius 3 is 2.09 bits per heavy atom. The molecule has 0 aromatic heterocycles. The predicted octanol–water partition coefficient (Wildman–Crippen LogP) is 2.88. The van der Waals surface area contributed by atoms with E-state index in [1.165, 1.54) is 6.42 Å². The molecule has 1 heterocycles. The van der Waals surface area contributed by atoms with E-state index in [0.717, 1.165) is 25.7 Å². The largest absolute Gasteiger partial charge is 0.381 e. The molecule has 3 N–H and O–H groups in total. The van der Waals surface area contributed by atoms with Gasteiger partial charge in [-0.2, -0.15) is 0 Å². The number of nitrogens with two attached hydrogens (primary N) is 1. The van der Waals surface area contributed by atoms with E-state index in [2.05, 4.69) is 33.0 Å². The second-order valence-electron chi connectivity index (χ2n) is 8.68. The molecule has 1 saturated carbocycles. The molecule has 0 bridgehead atoms. The van der Waals surface area contributed by atoms with Gasteiger partial charge in [0, 0.05) is 25.8 Å². The van der Waals surface area contributed by atoms with Crippen LogP contribution < -0.4 is 11.1 Å². The Hall–Kier alpha value is -0.320. The van der Waals surface area contributed by atoms with Crippen LogP contribution in [0, 0.1) is 16.2 Å². The lowest BCUT2D eigenvalue weighted by molar-refractivity contribution is -0.137. The third-order valence-electron chi connectivity index (χ3n) is 5.21. The van der Waals surface area contributed by atoms with Crippen LogP contribution in [0.4, 0.5) is 0 Å². The van der Waals surface area contributed by atoms with Crippen molar-refractivity contribution in [3.63, 3.8) is 0 Å². The molecule has 130 valence electrons. The number of ether oxygens (including phenoxy) is 1. The number of hydrogen-bond donors (Lipinski definition) is 2. The topological polar surface area (TPSA) is 64.4 Å². The van der Waals surface area contributed by atoms with Gasteiger partial charge in [-0.15, -0.1) is 12.4 Å². The highest BCUT2D eigenvalue weighted by molar-refractivity contribution is 5.85. The standard InChI is InChI=1S/C17H32N2O2.ClH/c1-15(2)9-13(10-16(3,4)11-15)19-14(20)17(12-18)5-7-21-8-6-17;/h13H,5-12,18H2,1-4H3,(H,19,20);1H. The van der Waals surface area contributed by atoms with Crippen molar-refractivity contribution < 1.29 is 9.53 Å². The zero-order chi connectivity index (χ0) is 15.7. The fourth-order valence-electron chi connectivity index (χ4n) is 4.57. The number of carbonyl (C=O) groups is 1. The third-order valence-corrected chi connectivity index (χ3v) is 5.21. The van der Waals surface area contributed by atoms with Crippen LogP contribution in [0.15, 0.2) is 0 Å². The van der Waals surface area contributed by atoms with Gasteiger partial charge in [0.2, 0.25) is 5.91 Å². The summed E-state index contributed by atoms with van der Waals surface area (Å²) >= 11 is 0. The molecule has 1 aliphatic heterocycles. The third kappa shape index (κ3) is 4.59. The van der Waals surface area contributed by atoms with E-state index in [0.29, 0.717) is 19.8 Å². The van der Waals surface area contributed by atoms with Gasteiger partial charge >= 0.3 is 0 Å². The first kappa shape index (κ1) is 19.7. The quantitative estimate of drug-likeness (QED) is 0.835. The van der Waals surface area contributed by atoms with Gasteiger partial charge in [-0.05, 0) is 42.9 Å². The second-order valence-corrected chi connectivity index (χ2v) is 8.68. The second kappa shape index (κ2) is 7.06. The van der Waals surface area contributed by atoms with E-state index >= 15 is 0 Å². The maximum atomic E-state index is 12.8. The Morgan fingerprint density at radius 1 is 1.14 bits per heavy atom. The smallest absolute Gasteiger partial charge is 0.227 e. The number of halogens is 1. The van der Waals surface area contributed by atoms with Crippen LogP contribution in [0.2, 0.25) is 0 Å². The zero-order valence-corrected chi connectivity index (χ0v) is 15.4. The van der Waals surface area contributed by atoms with Crippen molar-refractivity contribution in [3.05, 3.63) is 0 Å². The summed E-state index contributed by atoms with van der Waals surface area (Å²) in [5.74, 6) is 0.145. The van der Waals surface area contributed by atoms with Crippen LogP contribution in [-0.2, 0) is 9.53 Å². The van der Waals surface area contributed by atoms with Crippen molar-refractivity contribution >= 4 is 18.3 Å². The van der Waals surface area contributed by atoms with Crippen LogP contribution in [0.5, 0.6) is 0 Å². The lowest BCUT2D eigenvalue weighted by Gasteiger charge is -2.46. The van der Waals surface area contributed by atoms with E-state index in [9.17, 15) is 4.79 Å². The molecule has 2 aliphatic rings. The van der Waals surface area contributed by atoms with Crippen molar-refractivity contribution in [3.8, 4) is 0 Å². The Balaban J connectivity index is 0.00000242. The Morgan fingerprint density at radius 2 is 1.64 bits per heavy atom. The number of nitrogens with one attached hydrogen (secondary N) is 1. The first-order valence-electron chi connectivity index (χ1n) is 8.27.